The highest BCUT2D eigenvalue weighted by Gasteiger charge is 2.19. The Labute approximate surface area is 184 Å². The average Bonchev–Trinajstić information content (AvgIpc) is 2.84. The van der Waals surface area contributed by atoms with E-state index in [9.17, 15) is 4.79 Å². The van der Waals surface area contributed by atoms with Crippen LogP contribution in [0.15, 0.2) is 85.1 Å². The number of carbonyl (C=O) groups excluding carboxylic acids is 1. The molecule has 1 fully saturated rings. The monoisotopic (exact) mass is 412 g/mol. The first-order valence-corrected chi connectivity index (χ1v) is 10.7. The molecule has 0 spiro atoms. The van der Waals surface area contributed by atoms with Gasteiger partial charge in [0.15, 0.2) is 0 Å². The second-order valence-corrected chi connectivity index (χ2v) is 7.73. The summed E-state index contributed by atoms with van der Waals surface area (Å²) >= 11 is 0. The maximum Gasteiger partial charge on any atom is 0.244 e. The van der Waals surface area contributed by atoms with E-state index in [4.69, 9.17) is 0 Å². The van der Waals surface area contributed by atoms with Crippen molar-refractivity contribution < 1.29 is 4.79 Å². The van der Waals surface area contributed by atoms with E-state index in [1.807, 2.05) is 61.7 Å². The normalized spacial score (nSPS) is 15.1. The van der Waals surface area contributed by atoms with Crippen LogP contribution in [0.1, 0.15) is 24.1 Å². The molecule has 3 aromatic rings. The molecule has 4 rings (SSSR count). The second-order valence-electron chi connectivity index (χ2n) is 7.73. The van der Waals surface area contributed by atoms with E-state index in [1.165, 1.54) is 5.69 Å². The number of amides is 1. The van der Waals surface area contributed by atoms with Gasteiger partial charge in [-0.05, 0) is 48.4 Å². The molecule has 158 valence electrons. The summed E-state index contributed by atoms with van der Waals surface area (Å²) in [6, 6.07) is 24.3. The van der Waals surface area contributed by atoms with E-state index in [0.29, 0.717) is 0 Å². The molecule has 1 aromatic heterocycles. The average molecular weight is 413 g/mol. The molecule has 31 heavy (non-hydrogen) atoms. The molecule has 2 heterocycles. The molecule has 1 atom stereocenters. The number of hydrogen-bond acceptors (Lipinski definition) is 4. The van der Waals surface area contributed by atoms with Crippen molar-refractivity contribution in [1.82, 2.24) is 10.3 Å². The fourth-order valence-corrected chi connectivity index (χ4v) is 3.81. The van der Waals surface area contributed by atoms with Crippen LogP contribution in [0, 0.1) is 0 Å². The summed E-state index contributed by atoms with van der Waals surface area (Å²) in [5.74, 6) is 0.946. The van der Waals surface area contributed by atoms with Gasteiger partial charge in [0, 0.05) is 44.1 Å². The Morgan fingerprint density at radius 3 is 2.42 bits per heavy atom. The molecule has 1 saturated heterocycles. The largest absolute Gasteiger partial charge is 0.368 e. The van der Waals surface area contributed by atoms with Crippen LogP contribution < -0.4 is 15.1 Å². The van der Waals surface area contributed by atoms with Crippen molar-refractivity contribution in [3.8, 4) is 0 Å². The van der Waals surface area contributed by atoms with E-state index in [0.717, 1.165) is 43.1 Å². The lowest BCUT2D eigenvalue weighted by molar-refractivity contribution is -0.117. The fourth-order valence-electron chi connectivity index (χ4n) is 3.81. The van der Waals surface area contributed by atoms with Crippen molar-refractivity contribution in [3.05, 3.63) is 96.2 Å². The van der Waals surface area contributed by atoms with Gasteiger partial charge in [0.1, 0.15) is 5.82 Å². The quantitative estimate of drug-likeness (QED) is 0.614. The first kappa shape index (κ1) is 20.7. The van der Waals surface area contributed by atoms with Gasteiger partial charge in [0.25, 0.3) is 0 Å². The van der Waals surface area contributed by atoms with Crippen molar-refractivity contribution in [1.29, 1.82) is 0 Å². The number of carbonyl (C=O) groups is 1. The van der Waals surface area contributed by atoms with Crippen LogP contribution in [0.4, 0.5) is 11.5 Å². The third-order valence-electron chi connectivity index (χ3n) is 5.57. The SMILES string of the molecule is CC(NC(=O)/C=C/c1ccccc1)c1cccc(N2CCN(c3ccccn3)CC2)c1. The molecule has 1 unspecified atom stereocenters. The lowest BCUT2D eigenvalue weighted by atomic mass is 10.1. The third-order valence-corrected chi connectivity index (χ3v) is 5.57. The first-order chi connectivity index (χ1) is 15.2. The standard InChI is InChI=1S/C26H28N4O/c1-21(28-26(31)14-13-22-8-3-2-4-9-22)23-10-7-11-24(20-23)29-16-18-30(19-17-29)25-12-5-6-15-27-25/h2-15,20-21H,16-19H2,1H3,(H,28,31)/b14-13+. The number of piperazine rings is 1. The molecule has 2 aromatic carbocycles. The summed E-state index contributed by atoms with van der Waals surface area (Å²) < 4.78 is 0. The Balaban J connectivity index is 1.34. The number of rotatable bonds is 6. The summed E-state index contributed by atoms with van der Waals surface area (Å²) in [5, 5.41) is 3.06. The van der Waals surface area contributed by atoms with E-state index in [-0.39, 0.29) is 11.9 Å². The van der Waals surface area contributed by atoms with Crippen LogP contribution in [0.3, 0.4) is 0 Å². The predicted octanol–water partition coefficient (Wildman–Crippen LogP) is 4.30. The van der Waals surface area contributed by atoms with Gasteiger partial charge < -0.3 is 15.1 Å². The minimum absolute atomic E-state index is 0.0670. The minimum Gasteiger partial charge on any atom is -0.368 e. The highest BCUT2D eigenvalue weighted by Crippen LogP contribution is 2.23. The molecule has 1 aliphatic heterocycles. The molecular formula is C26H28N4O. The smallest absolute Gasteiger partial charge is 0.244 e. The Kier molecular flexibility index (Phi) is 6.62. The number of hydrogen-bond donors (Lipinski definition) is 1. The molecule has 1 amide bonds. The summed E-state index contributed by atoms with van der Waals surface area (Å²) in [6.45, 7) is 5.79. The highest BCUT2D eigenvalue weighted by molar-refractivity contribution is 5.92. The van der Waals surface area contributed by atoms with E-state index in [2.05, 4.69) is 50.4 Å². The summed E-state index contributed by atoms with van der Waals surface area (Å²) in [7, 11) is 0. The van der Waals surface area contributed by atoms with Crippen molar-refractivity contribution in [2.24, 2.45) is 0 Å². The number of pyridine rings is 1. The molecule has 0 radical (unpaired) electrons. The predicted molar refractivity (Wildman–Crippen MR) is 127 cm³/mol. The molecule has 0 saturated carbocycles. The van der Waals surface area contributed by atoms with Gasteiger partial charge in [0.05, 0.1) is 6.04 Å². The molecule has 1 N–H and O–H groups in total. The number of nitrogens with zero attached hydrogens (tertiary/aromatic N) is 3. The highest BCUT2D eigenvalue weighted by atomic mass is 16.1. The Morgan fingerprint density at radius 2 is 1.68 bits per heavy atom. The van der Waals surface area contributed by atoms with Crippen molar-refractivity contribution in [3.63, 3.8) is 0 Å². The Hall–Kier alpha value is -3.60. The summed E-state index contributed by atoms with van der Waals surface area (Å²) in [6.07, 6.45) is 5.27. The molecule has 5 heteroatoms. The van der Waals surface area contributed by atoms with Crippen molar-refractivity contribution >= 4 is 23.5 Å². The molecule has 5 nitrogen and oxygen atoms in total. The van der Waals surface area contributed by atoms with Gasteiger partial charge in [-0.15, -0.1) is 0 Å². The van der Waals surface area contributed by atoms with E-state index >= 15 is 0 Å². The van der Waals surface area contributed by atoms with Crippen molar-refractivity contribution in [2.45, 2.75) is 13.0 Å². The summed E-state index contributed by atoms with van der Waals surface area (Å²) in [5.41, 5.74) is 3.31. The Morgan fingerprint density at radius 1 is 0.935 bits per heavy atom. The third kappa shape index (κ3) is 5.51. The second kappa shape index (κ2) is 9.94. The van der Waals surface area contributed by atoms with Gasteiger partial charge in [0.2, 0.25) is 5.91 Å². The maximum atomic E-state index is 12.3. The van der Waals surface area contributed by atoms with Gasteiger partial charge in [-0.25, -0.2) is 4.98 Å². The van der Waals surface area contributed by atoms with Gasteiger partial charge >= 0.3 is 0 Å². The lowest BCUT2D eigenvalue weighted by Gasteiger charge is -2.37. The number of anilines is 2. The van der Waals surface area contributed by atoms with E-state index in [1.54, 1.807) is 6.08 Å². The molecule has 1 aliphatic rings. The van der Waals surface area contributed by atoms with Crippen molar-refractivity contribution in [2.75, 3.05) is 36.0 Å². The molecular weight excluding hydrogens is 384 g/mol. The zero-order valence-corrected chi connectivity index (χ0v) is 17.8. The van der Waals surface area contributed by atoms with Crippen LogP contribution in [0.25, 0.3) is 6.08 Å². The van der Waals surface area contributed by atoms with Crippen LogP contribution in [0.2, 0.25) is 0 Å². The van der Waals surface area contributed by atoms with Crippen LogP contribution in [-0.2, 0) is 4.79 Å². The number of nitrogens with one attached hydrogen (secondary N) is 1. The fraction of sp³-hybridized carbons (Fsp3) is 0.231. The van der Waals surface area contributed by atoms with Gasteiger partial charge in [-0.1, -0.05) is 48.5 Å². The first-order valence-electron chi connectivity index (χ1n) is 10.7. The maximum absolute atomic E-state index is 12.3. The van der Waals surface area contributed by atoms with E-state index < -0.39 is 0 Å². The van der Waals surface area contributed by atoms with Gasteiger partial charge in [-0.2, -0.15) is 0 Å². The van der Waals surface area contributed by atoms with Crippen LogP contribution >= 0.6 is 0 Å². The van der Waals surface area contributed by atoms with Gasteiger partial charge in [-0.3, -0.25) is 4.79 Å². The number of benzene rings is 2. The topological polar surface area (TPSA) is 48.5 Å². The minimum atomic E-state index is -0.0919. The lowest BCUT2D eigenvalue weighted by Crippen LogP contribution is -2.46. The van der Waals surface area contributed by atoms with Crippen LogP contribution in [0.5, 0.6) is 0 Å². The number of aromatic nitrogens is 1. The zero-order chi connectivity index (χ0) is 21.5. The zero-order valence-electron chi connectivity index (χ0n) is 17.8. The summed E-state index contributed by atoms with van der Waals surface area (Å²) in [4.78, 5) is 21.5. The Bertz CT molecular complexity index is 1010. The molecule has 0 aliphatic carbocycles. The molecule has 0 bridgehead atoms. The van der Waals surface area contributed by atoms with Crippen LogP contribution in [-0.4, -0.2) is 37.1 Å².